The summed E-state index contributed by atoms with van der Waals surface area (Å²) < 4.78 is 39.7. The quantitative estimate of drug-likeness (QED) is 0.652. The Bertz CT molecular complexity index is 886. The zero-order valence-electron chi connectivity index (χ0n) is 14.2. The summed E-state index contributed by atoms with van der Waals surface area (Å²) in [6, 6.07) is 5.02. The van der Waals surface area contributed by atoms with Crippen molar-refractivity contribution in [3.8, 4) is 0 Å². The molecule has 138 valence electrons. The zero-order chi connectivity index (χ0) is 18.7. The fraction of sp³-hybridized carbons (Fsp3) is 0.353. The maximum atomic E-state index is 12.7. The molecule has 26 heavy (non-hydrogen) atoms. The second-order valence-electron chi connectivity index (χ2n) is 5.95. The number of hydrogen-bond acceptors (Lipinski definition) is 5. The Labute approximate surface area is 148 Å². The largest absolute Gasteiger partial charge is 0.416 e. The molecule has 0 amide bonds. The molecule has 0 aliphatic carbocycles. The van der Waals surface area contributed by atoms with Crippen molar-refractivity contribution < 1.29 is 13.2 Å². The Morgan fingerprint density at radius 2 is 1.88 bits per heavy atom. The van der Waals surface area contributed by atoms with E-state index >= 15 is 0 Å². The molecule has 0 aliphatic rings. The van der Waals surface area contributed by atoms with Crippen molar-refractivity contribution in [3.05, 3.63) is 41.7 Å². The molecule has 0 atom stereocenters. The number of halogens is 3. The van der Waals surface area contributed by atoms with Gasteiger partial charge in [0.15, 0.2) is 11.5 Å². The number of fused-ring (bicyclic) bond motifs is 1. The maximum absolute atomic E-state index is 12.7. The number of unbranched alkanes of at least 4 members (excludes halogenated alkanes) is 1. The molecule has 3 N–H and O–H groups in total. The summed E-state index contributed by atoms with van der Waals surface area (Å²) in [5, 5.41) is 3.12. The van der Waals surface area contributed by atoms with Gasteiger partial charge in [-0.05, 0) is 24.1 Å². The van der Waals surface area contributed by atoms with E-state index in [-0.39, 0.29) is 5.82 Å². The lowest BCUT2D eigenvalue weighted by atomic mass is 10.1. The third-order valence-corrected chi connectivity index (χ3v) is 3.94. The first-order valence-electron chi connectivity index (χ1n) is 8.27. The number of imidazole rings is 1. The van der Waals surface area contributed by atoms with Crippen LogP contribution in [0.4, 0.5) is 24.9 Å². The number of nitrogen functional groups attached to an aromatic ring is 1. The minimum atomic E-state index is -4.35. The molecule has 0 spiro atoms. The highest BCUT2D eigenvalue weighted by Crippen LogP contribution is 2.29. The number of aromatic nitrogens is 4. The van der Waals surface area contributed by atoms with Crippen molar-refractivity contribution in [3.63, 3.8) is 0 Å². The highest BCUT2D eigenvalue weighted by atomic mass is 19.4. The monoisotopic (exact) mass is 364 g/mol. The van der Waals surface area contributed by atoms with E-state index in [1.54, 1.807) is 10.9 Å². The molecule has 1 aromatic carbocycles. The molecule has 9 heteroatoms. The van der Waals surface area contributed by atoms with E-state index < -0.39 is 11.7 Å². The Hall–Kier alpha value is -2.84. The summed E-state index contributed by atoms with van der Waals surface area (Å²) in [7, 11) is 0. The minimum Gasteiger partial charge on any atom is -0.382 e. The van der Waals surface area contributed by atoms with Crippen LogP contribution in [0, 0.1) is 0 Å². The molecular weight excluding hydrogens is 345 g/mol. The zero-order valence-corrected chi connectivity index (χ0v) is 14.2. The van der Waals surface area contributed by atoms with Crippen molar-refractivity contribution in [1.82, 2.24) is 19.5 Å². The Morgan fingerprint density at radius 3 is 2.54 bits per heavy atom. The third-order valence-electron chi connectivity index (χ3n) is 3.94. The maximum Gasteiger partial charge on any atom is 0.416 e. The number of rotatable bonds is 6. The van der Waals surface area contributed by atoms with Gasteiger partial charge in [-0.15, -0.1) is 0 Å². The molecule has 0 unspecified atom stereocenters. The van der Waals surface area contributed by atoms with Crippen molar-refractivity contribution >= 4 is 22.9 Å². The van der Waals surface area contributed by atoms with Gasteiger partial charge in [0, 0.05) is 6.54 Å². The second-order valence-corrected chi connectivity index (χ2v) is 5.95. The van der Waals surface area contributed by atoms with E-state index in [0.717, 1.165) is 31.5 Å². The number of benzene rings is 1. The van der Waals surface area contributed by atoms with Crippen LogP contribution in [0.2, 0.25) is 0 Å². The van der Waals surface area contributed by atoms with Crippen LogP contribution >= 0.6 is 0 Å². The van der Waals surface area contributed by atoms with Crippen LogP contribution in [0.25, 0.3) is 11.2 Å². The topological polar surface area (TPSA) is 81.6 Å². The van der Waals surface area contributed by atoms with Crippen LogP contribution in [-0.4, -0.2) is 26.1 Å². The van der Waals surface area contributed by atoms with Crippen molar-refractivity contribution in [2.45, 2.75) is 32.5 Å². The number of nitrogens with two attached hydrogens (primary N) is 1. The molecular formula is C17H19F3N6. The Kier molecular flexibility index (Phi) is 4.97. The van der Waals surface area contributed by atoms with E-state index in [9.17, 15) is 13.2 Å². The molecule has 0 bridgehead atoms. The van der Waals surface area contributed by atoms with Crippen molar-refractivity contribution in [1.29, 1.82) is 0 Å². The van der Waals surface area contributed by atoms with E-state index in [4.69, 9.17) is 5.73 Å². The lowest BCUT2D eigenvalue weighted by molar-refractivity contribution is -0.137. The van der Waals surface area contributed by atoms with Gasteiger partial charge in [0.05, 0.1) is 18.4 Å². The van der Waals surface area contributed by atoms with Crippen LogP contribution < -0.4 is 11.1 Å². The van der Waals surface area contributed by atoms with Crippen LogP contribution in [0.5, 0.6) is 0 Å². The highest BCUT2D eigenvalue weighted by molar-refractivity contribution is 5.82. The molecule has 6 nitrogen and oxygen atoms in total. The fourth-order valence-corrected chi connectivity index (χ4v) is 2.53. The molecule has 0 saturated carbocycles. The number of alkyl halides is 3. The summed E-state index contributed by atoms with van der Waals surface area (Å²) in [6.07, 6.45) is -0.771. The smallest absolute Gasteiger partial charge is 0.382 e. The molecule has 0 saturated heterocycles. The third kappa shape index (κ3) is 3.87. The number of nitrogens with one attached hydrogen (secondary N) is 1. The van der Waals surface area contributed by atoms with Gasteiger partial charge in [-0.25, -0.2) is 4.98 Å². The lowest BCUT2D eigenvalue weighted by Crippen LogP contribution is -2.09. The fourth-order valence-electron chi connectivity index (χ4n) is 2.53. The average Bonchev–Trinajstić information content (AvgIpc) is 2.98. The van der Waals surface area contributed by atoms with Crippen molar-refractivity contribution in [2.24, 2.45) is 0 Å². The van der Waals surface area contributed by atoms with Gasteiger partial charge in [0.2, 0.25) is 5.95 Å². The normalized spacial score (nSPS) is 11.8. The molecule has 2 aromatic heterocycles. The van der Waals surface area contributed by atoms with Gasteiger partial charge in [-0.2, -0.15) is 23.1 Å². The van der Waals surface area contributed by atoms with Crippen LogP contribution in [-0.2, 0) is 12.7 Å². The van der Waals surface area contributed by atoms with Gasteiger partial charge in [-0.3, -0.25) is 0 Å². The predicted molar refractivity (Wildman–Crippen MR) is 93.7 cm³/mol. The SMILES string of the molecule is CCCCNc1nc(N)c2ncn(Cc3ccc(C(F)(F)F)cc3)c2n1. The highest BCUT2D eigenvalue weighted by Gasteiger charge is 2.29. The predicted octanol–water partition coefficient (Wildman–Crippen LogP) is 3.69. The molecule has 3 aromatic rings. The van der Waals surface area contributed by atoms with Gasteiger partial charge >= 0.3 is 6.18 Å². The molecule has 2 heterocycles. The van der Waals surface area contributed by atoms with Crippen LogP contribution in [0.15, 0.2) is 30.6 Å². The molecule has 0 radical (unpaired) electrons. The summed E-state index contributed by atoms with van der Waals surface area (Å²) in [5.74, 6) is 0.679. The van der Waals surface area contributed by atoms with E-state index in [0.29, 0.717) is 29.2 Å². The van der Waals surface area contributed by atoms with Gasteiger partial charge < -0.3 is 15.6 Å². The van der Waals surface area contributed by atoms with E-state index in [1.807, 2.05) is 0 Å². The van der Waals surface area contributed by atoms with Crippen LogP contribution in [0.3, 0.4) is 0 Å². The molecule has 0 fully saturated rings. The summed E-state index contributed by atoms with van der Waals surface area (Å²) in [6.45, 7) is 3.15. The number of nitrogens with zero attached hydrogens (tertiary/aromatic N) is 4. The lowest BCUT2D eigenvalue weighted by Gasteiger charge is -2.09. The standard InChI is InChI=1S/C17H19F3N6/c1-2-3-8-22-16-24-14(21)13-15(25-16)26(10-23-13)9-11-4-6-12(7-5-11)17(18,19)20/h4-7,10H,2-3,8-9H2,1H3,(H3,21,22,24,25). The first-order chi connectivity index (χ1) is 12.4. The van der Waals surface area contributed by atoms with Crippen molar-refractivity contribution in [2.75, 3.05) is 17.6 Å². The second kappa shape index (κ2) is 7.19. The molecule has 0 aliphatic heterocycles. The van der Waals surface area contributed by atoms with Gasteiger partial charge in [0.1, 0.15) is 5.52 Å². The molecule has 3 rings (SSSR count). The average molecular weight is 364 g/mol. The first-order valence-corrected chi connectivity index (χ1v) is 8.27. The minimum absolute atomic E-state index is 0.264. The summed E-state index contributed by atoms with van der Waals surface area (Å²) in [4.78, 5) is 12.8. The Morgan fingerprint density at radius 1 is 1.15 bits per heavy atom. The Balaban J connectivity index is 1.85. The summed E-state index contributed by atoms with van der Waals surface area (Å²) >= 11 is 0. The summed E-state index contributed by atoms with van der Waals surface area (Å²) in [5.41, 5.74) is 6.98. The number of anilines is 2. The van der Waals surface area contributed by atoms with Gasteiger partial charge in [-0.1, -0.05) is 25.5 Å². The first kappa shape index (κ1) is 18.0. The van der Waals surface area contributed by atoms with Crippen LogP contribution in [0.1, 0.15) is 30.9 Å². The van der Waals surface area contributed by atoms with Gasteiger partial charge in [0.25, 0.3) is 0 Å². The number of hydrogen-bond donors (Lipinski definition) is 2. The van der Waals surface area contributed by atoms with E-state index in [1.165, 1.54) is 12.1 Å². The van der Waals surface area contributed by atoms with E-state index in [2.05, 4.69) is 27.2 Å².